The molecule has 4 rings (SSSR count). The Hall–Kier alpha value is -4.30. The van der Waals surface area contributed by atoms with Crippen LogP contribution in [0.15, 0.2) is 41.5 Å². The van der Waals surface area contributed by atoms with Gasteiger partial charge in [-0.1, -0.05) is 11.6 Å². The minimum Gasteiger partial charge on any atom is -0.382 e. The summed E-state index contributed by atoms with van der Waals surface area (Å²) in [5.41, 5.74) is 11.5. The highest BCUT2D eigenvalue weighted by Crippen LogP contribution is 2.31. The van der Waals surface area contributed by atoms with Gasteiger partial charge in [-0.3, -0.25) is 14.7 Å². The van der Waals surface area contributed by atoms with Crippen molar-refractivity contribution in [3.8, 4) is 11.8 Å². The van der Waals surface area contributed by atoms with Crippen LogP contribution in [0.1, 0.15) is 12.5 Å². The molecule has 0 aliphatic heterocycles. The lowest BCUT2D eigenvalue weighted by Gasteiger charge is -2.25. The summed E-state index contributed by atoms with van der Waals surface area (Å²) in [6, 6.07) is 7.67. The standard InChI is InChI=1S/C20H15ClFN9O/c1-2-30(17-11(8-23)16(24)28-19(25)29-17)20-27-13-6-5-12(22)15(21)14(13)18(32)31(20)10-4-3-7-26-9-10/h3-7,9H,2H2,1H3,(H4,24,25,28,29). The molecule has 0 aliphatic carbocycles. The van der Waals surface area contributed by atoms with Crippen molar-refractivity contribution < 1.29 is 4.39 Å². The van der Waals surface area contributed by atoms with E-state index >= 15 is 0 Å². The maximum Gasteiger partial charge on any atom is 0.269 e. The van der Waals surface area contributed by atoms with E-state index in [9.17, 15) is 14.4 Å². The van der Waals surface area contributed by atoms with Gasteiger partial charge in [0.25, 0.3) is 5.56 Å². The van der Waals surface area contributed by atoms with E-state index in [1.807, 2.05) is 6.07 Å². The van der Waals surface area contributed by atoms with Crippen LogP contribution < -0.4 is 21.9 Å². The minimum atomic E-state index is -0.751. The lowest BCUT2D eigenvalue weighted by molar-refractivity contribution is 0.629. The molecule has 0 amide bonds. The second kappa shape index (κ2) is 8.09. The van der Waals surface area contributed by atoms with E-state index in [-0.39, 0.29) is 51.6 Å². The summed E-state index contributed by atoms with van der Waals surface area (Å²) in [6.07, 6.45) is 2.97. The number of nitrogen functional groups attached to an aromatic ring is 2. The molecule has 0 radical (unpaired) electrons. The first kappa shape index (κ1) is 21.0. The monoisotopic (exact) mass is 451 g/mol. The zero-order valence-corrected chi connectivity index (χ0v) is 17.4. The van der Waals surface area contributed by atoms with Crippen molar-refractivity contribution in [3.05, 3.63) is 63.4 Å². The number of hydrogen-bond donors (Lipinski definition) is 2. The van der Waals surface area contributed by atoms with Crippen LogP contribution >= 0.6 is 11.6 Å². The van der Waals surface area contributed by atoms with Crippen LogP contribution in [0, 0.1) is 17.1 Å². The number of nitrogens with two attached hydrogens (primary N) is 2. The van der Waals surface area contributed by atoms with E-state index in [1.165, 1.54) is 27.9 Å². The smallest absolute Gasteiger partial charge is 0.269 e. The topological polar surface area (TPSA) is 153 Å². The number of nitriles is 1. The molecule has 0 aliphatic rings. The van der Waals surface area contributed by atoms with Gasteiger partial charge >= 0.3 is 0 Å². The van der Waals surface area contributed by atoms with Gasteiger partial charge in [-0.25, -0.2) is 13.9 Å². The van der Waals surface area contributed by atoms with Gasteiger partial charge < -0.3 is 11.5 Å². The highest BCUT2D eigenvalue weighted by atomic mass is 35.5. The molecule has 4 aromatic rings. The summed E-state index contributed by atoms with van der Waals surface area (Å²) in [5, 5.41) is 9.18. The number of benzene rings is 1. The van der Waals surface area contributed by atoms with E-state index < -0.39 is 11.4 Å². The zero-order valence-electron chi connectivity index (χ0n) is 16.6. The second-order valence-electron chi connectivity index (χ2n) is 6.54. The maximum absolute atomic E-state index is 14.1. The zero-order chi connectivity index (χ0) is 23.0. The fourth-order valence-corrected chi connectivity index (χ4v) is 3.51. The third-order valence-electron chi connectivity index (χ3n) is 4.67. The molecule has 0 spiro atoms. The first-order chi connectivity index (χ1) is 15.4. The van der Waals surface area contributed by atoms with Crippen LogP contribution in [0.4, 0.5) is 27.9 Å². The van der Waals surface area contributed by atoms with E-state index in [1.54, 1.807) is 19.1 Å². The van der Waals surface area contributed by atoms with Crippen LogP contribution in [0.3, 0.4) is 0 Å². The molecule has 3 heterocycles. The van der Waals surface area contributed by atoms with Crippen molar-refractivity contribution in [3.63, 3.8) is 0 Å². The molecule has 0 fully saturated rings. The Bertz CT molecular complexity index is 1450. The Morgan fingerprint density at radius 2 is 2.03 bits per heavy atom. The van der Waals surface area contributed by atoms with Gasteiger partial charge in [0.2, 0.25) is 11.9 Å². The molecular formula is C20H15ClFN9O. The van der Waals surface area contributed by atoms with Crippen LogP contribution in [-0.2, 0) is 0 Å². The summed E-state index contributed by atoms with van der Waals surface area (Å²) in [6.45, 7) is 1.98. The SMILES string of the molecule is CCN(c1nc(N)nc(N)c1C#N)c1nc2ccc(F)c(Cl)c2c(=O)n1-c1cccnc1. The van der Waals surface area contributed by atoms with Crippen molar-refractivity contribution >= 4 is 46.0 Å². The Kier molecular flexibility index (Phi) is 5.29. The third kappa shape index (κ3) is 3.32. The predicted molar refractivity (Wildman–Crippen MR) is 118 cm³/mol. The van der Waals surface area contributed by atoms with Crippen molar-refractivity contribution in [1.29, 1.82) is 5.26 Å². The average Bonchev–Trinajstić information content (AvgIpc) is 2.77. The van der Waals surface area contributed by atoms with Gasteiger partial charge in [-0.05, 0) is 31.2 Å². The molecule has 32 heavy (non-hydrogen) atoms. The Morgan fingerprint density at radius 3 is 2.69 bits per heavy atom. The van der Waals surface area contributed by atoms with Crippen molar-refractivity contribution in [2.24, 2.45) is 0 Å². The summed E-state index contributed by atoms with van der Waals surface area (Å²) < 4.78 is 15.3. The summed E-state index contributed by atoms with van der Waals surface area (Å²) in [5.74, 6) is -0.878. The van der Waals surface area contributed by atoms with E-state index in [2.05, 4.69) is 19.9 Å². The van der Waals surface area contributed by atoms with Crippen molar-refractivity contribution in [1.82, 2.24) is 24.5 Å². The van der Waals surface area contributed by atoms with Crippen LogP contribution in [0.5, 0.6) is 0 Å². The number of fused-ring (bicyclic) bond motifs is 1. The van der Waals surface area contributed by atoms with Crippen molar-refractivity contribution in [2.75, 3.05) is 22.9 Å². The van der Waals surface area contributed by atoms with Gasteiger partial charge in [0.05, 0.1) is 27.8 Å². The largest absolute Gasteiger partial charge is 0.382 e. The molecule has 0 unspecified atom stereocenters. The van der Waals surface area contributed by atoms with Gasteiger partial charge in [0.15, 0.2) is 5.82 Å². The molecule has 0 bridgehead atoms. The molecule has 0 saturated heterocycles. The van der Waals surface area contributed by atoms with Crippen LogP contribution in [0.2, 0.25) is 5.02 Å². The molecule has 0 atom stereocenters. The lowest BCUT2D eigenvalue weighted by Crippen LogP contribution is -2.31. The third-order valence-corrected chi connectivity index (χ3v) is 5.04. The molecular weight excluding hydrogens is 437 g/mol. The van der Waals surface area contributed by atoms with Crippen LogP contribution in [-0.4, -0.2) is 31.0 Å². The summed E-state index contributed by atoms with van der Waals surface area (Å²) in [4.78, 5) is 31.6. The molecule has 0 saturated carbocycles. The molecule has 160 valence electrons. The first-order valence-electron chi connectivity index (χ1n) is 9.29. The Balaban J connectivity index is 2.14. The molecule has 1 aromatic carbocycles. The molecule has 4 N–H and O–H groups in total. The highest BCUT2D eigenvalue weighted by Gasteiger charge is 2.25. The normalized spacial score (nSPS) is 10.8. The number of aromatic nitrogens is 5. The van der Waals surface area contributed by atoms with Gasteiger partial charge in [0, 0.05) is 12.7 Å². The predicted octanol–water partition coefficient (Wildman–Crippen LogP) is 2.56. The Labute approximate surface area is 185 Å². The number of nitrogens with zero attached hydrogens (tertiary/aromatic N) is 7. The Morgan fingerprint density at radius 1 is 1.25 bits per heavy atom. The van der Waals surface area contributed by atoms with E-state index in [0.717, 1.165) is 6.07 Å². The van der Waals surface area contributed by atoms with Gasteiger partial charge in [-0.15, -0.1) is 0 Å². The number of hydrogen-bond acceptors (Lipinski definition) is 9. The van der Waals surface area contributed by atoms with Gasteiger partial charge in [0.1, 0.15) is 23.3 Å². The second-order valence-corrected chi connectivity index (χ2v) is 6.92. The van der Waals surface area contributed by atoms with Crippen molar-refractivity contribution in [2.45, 2.75) is 6.92 Å². The first-order valence-corrected chi connectivity index (χ1v) is 9.67. The molecule has 3 aromatic heterocycles. The number of halogens is 2. The summed E-state index contributed by atoms with van der Waals surface area (Å²) >= 11 is 6.11. The number of rotatable bonds is 4. The quantitative estimate of drug-likeness (QED) is 0.476. The fourth-order valence-electron chi connectivity index (χ4n) is 3.27. The molecule has 10 nitrogen and oxygen atoms in total. The van der Waals surface area contributed by atoms with Crippen LogP contribution in [0.25, 0.3) is 16.6 Å². The highest BCUT2D eigenvalue weighted by molar-refractivity contribution is 6.35. The van der Waals surface area contributed by atoms with E-state index in [0.29, 0.717) is 5.69 Å². The maximum atomic E-state index is 14.1. The molecule has 12 heteroatoms. The lowest BCUT2D eigenvalue weighted by atomic mass is 10.2. The summed E-state index contributed by atoms with van der Waals surface area (Å²) in [7, 11) is 0. The van der Waals surface area contributed by atoms with E-state index in [4.69, 9.17) is 23.1 Å². The number of pyridine rings is 1. The minimum absolute atomic E-state index is 0.0368. The average molecular weight is 452 g/mol. The number of anilines is 4. The fraction of sp³-hybridized carbons (Fsp3) is 0.100. The van der Waals surface area contributed by atoms with Gasteiger partial charge in [-0.2, -0.15) is 15.2 Å².